The maximum absolute atomic E-state index is 10.1. The first-order chi connectivity index (χ1) is 16.2. The Bertz CT molecular complexity index is 351. The van der Waals surface area contributed by atoms with E-state index >= 15 is 0 Å². The second kappa shape index (κ2) is 34.1. The van der Waals surface area contributed by atoms with Crippen LogP contribution >= 0.6 is 21.6 Å². The van der Waals surface area contributed by atoms with Crippen molar-refractivity contribution in [3.05, 3.63) is 12.7 Å². The fraction of sp³-hybridized carbons (Fsp3) is 0.897. The molecule has 0 unspecified atom stereocenters. The molecular formula is C29H58O2S2. The number of ether oxygens (including phenoxy) is 1. The van der Waals surface area contributed by atoms with Gasteiger partial charge in [-0.1, -0.05) is 158 Å². The van der Waals surface area contributed by atoms with E-state index < -0.39 is 0 Å². The van der Waals surface area contributed by atoms with Crippen LogP contribution in [0.4, 0.5) is 0 Å². The molecule has 0 spiro atoms. The Kier molecular flexibility index (Phi) is 36.2. The molecule has 0 saturated heterocycles. The van der Waals surface area contributed by atoms with E-state index in [4.69, 9.17) is 0 Å². The van der Waals surface area contributed by atoms with Crippen LogP contribution in [0.25, 0.3) is 0 Å². The largest absolute Gasteiger partial charge is 0.463 e. The van der Waals surface area contributed by atoms with Crippen LogP contribution in [0.5, 0.6) is 0 Å². The smallest absolute Gasteiger partial charge is 0.330 e. The van der Waals surface area contributed by atoms with Crippen molar-refractivity contribution in [2.75, 3.05) is 18.1 Å². The third-order valence-electron chi connectivity index (χ3n) is 5.70. The van der Waals surface area contributed by atoms with Crippen LogP contribution in [0.3, 0.4) is 0 Å². The molecule has 0 fully saturated rings. The second-order valence-corrected chi connectivity index (χ2v) is 11.7. The van der Waals surface area contributed by atoms with Gasteiger partial charge >= 0.3 is 5.97 Å². The van der Waals surface area contributed by atoms with E-state index in [9.17, 15) is 4.79 Å². The number of carbonyl (C=O) groups is 1. The predicted octanol–water partition coefficient (Wildman–Crippen LogP) is 10.9. The molecule has 198 valence electrons. The van der Waals surface area contributed by atoms with Gasteiger partial charge in [0.05, 0.1) is 6.61 Å². The highest BCUT2D eigenvalue weighted by Gasteiger charge is 1.96. The lowest BCUT2D eigenvalue weighted by atomic mass is 10.1. The minimum Gasteiger partial charge on any atom is -0.463 e. The number of hydrogen-bond acceptors (Lipinski definition) is 4. The van der Waals surface area contributed by atoms with Crippen molar-refractivity contribution >= 4 is 27.6 Å². The van der Waals surface area contributed by atoms with Crippen molar-refractivity contribution < 1.29 is 9.53 Å². The molecule has 0 amide bonds. The van der Waals surface area contributed by atoms with Crippen molar-refractivity contribution in [2.45, 2.75) is 149 Å². The van der Waals surface area contributed by atoms with Crippen LogP contribution in [0.2, 0.25) is 0 Å². The summed E-state index contributed by atoms with van der Waals surface area (Å²) < 4.78 is 4.43. The van der Waals surface area contributed by atoms with Gasteiger partial charge in [-0.3, -0.25) is 0 Å². The van der Waals surface area contributed by atoms with Gasteiger partial charge in [0.1, 0.15) is 0 Å². The van der Waals surface area contributed by atoms with Crippen LogP contribution in [-0.4, -0.2) is 24.1 Å². The van der Waals surface area contributed by atoms with Gasteiger partial charge in [-0.15, -0.1) is 0 Å². The zero-order valence-corrected chi connectivity index (χ0v) is 24.3. The highest BCUT2D eigenvalue weighted by molar-refractivity contribution is 8.76. The number of carbonyl (C=O) groups excluding carboxylic acids is 1. The molecule has 0 aromatic heterocycles. The zero-order valence-electron chi connectivity index (χ0n) is 22.7. The lowest BCUT2D eigenvalue weighted by molar-refractivity contribution is -0.137. The van der Waals surface area contributed by atoms with Gasteiger partial charge in [0, 0.05) is 17.6 Å². The average molecular weight is 503 g/mol. The quantitative estimate of drug-likeness (QED) is 0.0536. The molecule has 4 heteroatoms. The molecule has 2 nitrogen and oxygen atoms in total. The summed E-state index contributed by atoms with van der Waals surface area (Å²) in [6, 6.07) is 0. The normalized spacial score (nSPS) is 10.5. The van der Waals surface area contributed by atoms with Crippen LogP contribution in [0.15, 0.2) is 12.7 Å². The van der Waals surface area contributed by atoms with E-state index in [0.717, 1.165) is 6.08 Å². The number of rotatable bonds is 25. The summed E-state index contributed by atoms with van der Waals surface area (Å²) in [6.45, 7) is 9.98. The molecule has 0 N–H and O–H groups in total. The lowest BCUT2D eigenvalue weighted by Crippen LogP contribution is -1.97. The molecule has 33 heavy (non-hydrogen) atoms. The van der Waals surface area contributed by atoms with Crippen molar-refractivity contribution in [2.24, 2.45) is 0 Å². The maximum Gasteiger partial charge on any atom is 0.330 e. The Morgan fingerprint density at radius 1 is 0.576 bits per heavy atom. The Labute approximate surface area is 216 Å². The van der Waals surface area contributed by atoms with E-state index in [2.05, 4.69) is 46.8 Å². The van der Waals surface area contributed by atoms with Crippen LogP contribution in [0, 0.1) is 0 Å². The number of hydrogen-bond donors (Lipinski definition) is 0. The topological polar surface area (TPSA) is 26.3 Å². The van der Waals surface area contributed by atoms with E-state index in [0.29, 0.717) is 6.61 Å². The first-order valence-electron chi connectivity index (χ1n) is 14.3. The zero-order chi connectivity index (χ0) is 24.7. The molecule has 0 saturated carbocycles. The monoisotopic (exact) mass is 502 g/mol. The summed E-state index contributed by atoms with van der Waals surface area (Å²) in [5.41, 5.74) is 0. The molecule has 0 aromatic rings. The summed E-state index contributed by atoms with van der Waals surface area (Å²) in [6.07, 6.45) is 30.2. The number of esters is 1. The lowest BCUT2D eigenvalue weighted by Gasteiger charge is -2.04. The average Bonchev–Trinajstić information content (AvgIpc) is 2.83. The van der Waals surface area contributed by atoms with E-state index in [1.807, 2.05) is 0 Å². The molecule has 0 atom stereocenters. The molecule has 0 heterocycles. The molecular weight excluding hydrogens is 444 g/mol. The fourth-order valence-corrected chi connectivity index (χ4v) is 5.91. The minimum absolute atomic E-state index is 0.359. The van der Waals surface area contributed by atoms with Crippen molar-refractivity contribution in [3.63, 3.8) is 0 Å². The second-order valence-electron chi connectivity index (χ2n) is 8.96. The van der Waals surface area contributed by atoms with Crippen LogP contribution in [0.1, 0.15) is 149 Å². The third kappa shape index (κ3) is 36.6. The molecule has 0 rings (SSSR count). The maximum atomic E-state index is 10.1. The first kappa shape index (κ1) is 35.1. The van der Waals surface area contributed by atoms with Gasteiger partial charge in [0.25, 0.3) is 0 Å². The van der Waals surface area contributed by atoms with Gasteiger partial charge in [0.15, 0.2) is 0 Å². The van der Waals surface area contributed by atoms with Gasteiger partial charge < -0.3 is 4.74 Å². The molecule has 0 radical (unpaired) electrons. The molecule has 0 aliphatic rings. The first-order valence-corrected chi connectivity index (χ1v) is 16.7. The van der Waals surface area contributed by atoms with Crippen molar-refractivity contribution in [1.29, 1.82) is 0 Å². The molecule has 0 aliphatic carbocycles. The number of unbranched alkanes of at least 4 members (excludes halogenated alkanes) is 18. The SMILES string of the molecule is C=CC(=O)OCC.CCCCCCCCCCCCSSCCCCCCCCCCCC. The minimum atomic E-state index is -0.359. The summed E-state index contributed by atoms with van der Waals surface area (Å²) in [5, 5.41) is 0. The van der Waals surface area contributed by atoms with E-state index in [-0.39, 0.29) is 5.97 Å². The molecule has 0 aromatic carbocycles. The summed E-state index contributed by atoms with van der Waals surface area (Å²) in [4.78, 5) is 10.1. The Hall–Kier alpha value is -0.0900. The van der Waals surface area contributed by atoms with E-state index in [1.165, 1.54) is 140 Å². The standard InChI is InChI=1S/C24H50S2.C5H8O2/c1-3-5-7-9-11-13-15-17-19-21-23-25-26-24-22-20-18-16-14-12-10-8-6-4-2;1-3-5(6)7-4-2/h3-24H2,1-2H3;3H,1,4H2,2H3. The highest BCUT2D eigenvalue weighted by Crippen LogP contribution is 2.25. The van der Waals surface area contributed by atoms with Gasteiger partial charge in [0.2, 0.25) is 0 Å². The van der Waals surface area contributed by atoms with Crippen molar-refractivity contribution in [3.8, 4) is 0 Å². The highest BCUT2D eigenvalue weighted by atomic mass is 33.1. The van der Waals surface area contributed by atoms with Gasteiger partial charge in [-0.25, -0.2) is 4.79 Å². The summed E-state index contributed by atoms with van der Waals surface area (Å²) in [7, 11) is 4.25. The Morgan fingerprint density at radius 2 is 0.879 bits per heavy atom. The summed E-state index contributed by atoms with van der Waals surface area (Å²) in [5.74, 6) is 2.39. The van der Waals surface area contributed by atoms with Gasteiger partial charge in [-0.2, -0.15) is 0 Å². The van der Waals surface area contributed by atoms with Crippen LogP contribution in [-0.2, 0) is 9.53 Å². The summed E-state index contributed by atoms with van der Waals surface area (Å²) >= 11 is 0. The Balaban J connectivity index is 0. The predicted molar refractivity (Wildman–Crippen MR) is 155 cm³/mol. The van der Waals surface area contributed by atoms with Crippen molar-refractivity contribution in [1.82, 2.24) is 0 Å². The fourth-order valence-electron chi connectivity index (χ4n) is 3.62. The third-order valence-corrected chi connectivity index (χ3v) is 8.28. The van der Waals surface area contributed by atoms with Gasteiger partial charge in [-0.05, 0) is 19.8 Å². The molecule has 0 bridgehead atoms. The molecule has 0 aliphatic heterocycles. The van der Waals surface area contributed by atoms with E-state index in [1.54, 1.807) is 6.92 Å². The Morgan fingerprint density at radius 3 is 1.12 bits per heavy atom. The van der Waals surface area contributed by atoms with Crippen LogP contribution < -0.4 is 0 Å².